The predicted octanol–water partition coefficient (Wildman–Crippen LogP) is -3.60. The molecule has 250 valence electrons. The third-order valence-corrected chi connectivity index (χ3v) is 10.3. The summed E-state index contributed by atoms with van der Waals surface area (Å²) >= 11 is 0. The van der Waals surface area contributed by atoms with Crippen molar-refractivity contribution >= 4 is 42.5 Å². The molecule has 2 unspecified atom stereocenters. The molecular weight excluding hydrogens is 694 g/mol. The van der Waals surface area contributed by atoms with Crippen molar-refractivity contribution in [3.05, 3.63) is 18.1 Å². The number of hydrogen-bond acceptors (Lipinski definition) is 17. The largest absolute Gasteiger partial charge is 0.490 e. The van der Waals surface area contributed by atoms with Gasteiger partial charge in [0.2, 0.25) is 0 Å². The Morgan fingerprint density at radius 1 is 0.705 bits per heavy atom. The molecule has 0 bridgehead atoms. The molecule has 44 heavy (non-hydrogen) atoms. The van der Waals surface area contributed by atoms with Gasteiger partial charge in [0.15, 0.2) is 29.1 Å². The summed E-state index contributed by atoms with van der Waals surface area (Å²) in [5, 5.41) is 50.0. The van der Waals surface area contributed by atoms with Crippen LogP contribution in [-0.2, 0) is 45.4 Å². The van der Waals surface area contributed by atoms with Crippen LogP contribution in [0.25, 0.3) is 11.2 Å². The first-order valence-corrected chi connectivity index (χ1v) is 17.6. The molecular formula is C15H25N5O20P4. The number of phosphoric acid groups is 4. The lowest BCUT2D eigenvalue weighted by Crippen LogP contribution is -2.36. The van der Waals surface area contributed by atoms with Gasteiger partial charge in [-0.15, -0.1) is 0 Å². The Morgan fingerprint density at radius 2 is 1.20 bits per heavy atom. The van der Waals surface area contributed by atoms with Gasteiger partial charge >= 0.3 is 31.3 Å². The molecule has 0 aliphatic carbocycles. The van der Waals surface area contributed by atoms with Crippen molar-refractivity contribution in [3.8, 4) is 0 Å². The highest BCUT2D eigenvalue weighted by Gasteiger charge is 2.48. The third kappa shape index (κ3) is 8.12. The highest BCUT2D eigenvalue weighted by atomic mass is 31.3. The van der Waals surface area contributed by atoms with Gasteiger partial charge in [0.1, 0.15) is 43.0 Å². The quantitative estimate of drug-likeness (QED) is 0.0944. The number of ether oxygens (including phenoxy) is 2. The van der Waals surface area contributed by atoms with Gasteiger partial charge in [-0.2, -0.15) is 8.62 Å². The maximum Gasteiger partial charge on any atom is 0.490 e. The maximum atomic E-state index is 12.0. The van der Waals surface area contributed by atoms with E-state index in [9.17, 15) is 48.5 Å². The lowest BCUT2D eigenvalue weighted by molar-refractivity contribution is -0.0546. The minimum Gasteiger partial charge on any atom is -0.387 e. The minimum atomic E-state index is -5.81. The van der Waals surface area contributed by atoms with E-state index in [2.05, 4.69) is 27.6 Å². The fraction of sp³-hybridized carbons (Fsp3) is 0.667. The lowest BCUT2D eigenvalue weighted by Gasteiger charge is -2.19. The number of rotatable bonds is 12. The van der Waals surface area contributed by atoms with Crippen molar-refractivity contribution in [1.82, 2.24) is 19.1 Å². The number of aromatic nitrogens is 4. The number of phosphoric ester groups is 2. The van der Waals surface area contributed by atoms with Gasteiger partial charge in [-0.25, -0.2) is 28.2 Å². The average Bonchev–Trinajstić information content (AvgIpc) is 3.50. The van der Waals surface area contributed by atoms with Crippen molar-refractivity contribution in [2.24, 2.45) is 0 Å². The van der Waals surface area contributed by atoms with E-state index in [4.69, 9.17) is 34.5 Å². The van der Waals surface area contributed by atoms with Crippen molar-refractivity contribution in [3.63, 3.8) is 0 Å². The molecule has 10 atom stereocenters. The second kappa shape index (κ2) is 12.7. The van der Waals surface area contributed by atoms with Crippen LogP contribution in [0.15, 0.2) is 12.7 Å². The Labute approximate surface area is 243 Å². The van der Waals surface area contributed by atoms with Gasteiger partial charge in [0.25, 0.3) is 0 Å². The van der Waals surface area contributed by atoms with Gasteiger partial charge in [0, 0.05) is 0 Å². The summed E-state index contributed by atoms with van der Waals surface area (Å²) < 4.78 is 73.9. The van der Waals surface area contributed by atoms with Crippen molar-refractivity contribution < 1.29 is 95.2 Å². The molecule has 2 fully saturated rings. The first-order chi connectivity index (χ1) is 20.1. The second-order valence-corrected chi connectivity index (χ2v) is 14.7. The van der Waals surface area contributed by atoms with Gasteiger partial charge in [-0.3, -0.25) is 23.6 Å². The molecule has 0 spiro atoms. The van der Waals surface area contributed by atoms with E-state index in [1.807, 2.05) is 0 Å². The van der Waals surface area contributed by atoms with E-state index in [0.717, 1.165) is 21.8 Å². The standard InChI is InChI=1S/C15H25N5O20P4/c16-12-7-13(18-4-19(12)14-10(23)8(21)5(37-14)1-35-41(25,26)27)20(3-17-7)15-11(24)9(22)6(38-15)2-36-43(31,32)40-44(33,34)39-42(28,29)30/h3-6,8-11,14-16,21-24H,1-2H2,(H,31,32)(H,33,34)(H2,25,26,27)(H2,28,29,30)/t5-,6-,8-,9-,10-,11-,14+,15-/m1/s1. The van der Waals surface area contributed by atoms with Gasteiger partial charge < -0.3 is 59.3 Å². The predicted molar refractivity (Wildman–Crippen MR) is 131 cm³/mol. The summed E-state index contributed by atoms with van der Waals surface area (Å²) in [6, 6.07) is 0. The molecule has 0 saturated carbocycles. The van der Waals surface area contributed by atoms with Crippen LogP contribution in [0.5, 0.6) is 0 Å². The molecule has 4 heterocycles. The van der Waals surface area contributed by atoms with Gasteiger partial charge in [0.05, 0.1) is 19.5 Å². The van der Waals surface area contributed by atoms with Crippen LogP contribution in [0.3, 0.4) is 0 Å². The fourth-order valence-electron chi connectivity index (χ4n) is 4.16. The molecule has 0 aromatic carbocycles. The topological polar surface area (TPSA) is 385 Å². The lowest BCUT2D eigenvalue weighted by atomic mass is 10.1. The third-order valence-electron chi connectivity index (χ3n) is 6.00. The highest BCUT2D eigenvalue weighted by molar-refractivity contribution is 7.66. The summed E-state index contributed by atoms with van der Waals surface area (Å²) in [7, 11) is -22.0. The molecule has 4 rings (SSSR count). The van der Waals surface area contributed by atoms with Crippen LogP contribution in [-0.4, -0.2) is 119 Å². The number of aliphatic hydroxyl groups is 4. The van der Waals surface area contributed by atoms with E-state index in [1.165, 1.54) is 0 Å². The number of hydrogen-bond donors (Lipinski definition) is 11. The SMILES string of the molecule is N=c1c2ncn([C@@H]3O[C@H](COP(=O)(O)OP(=O)(O)OP(=O)(O)O)[C@@H](O)[C@H]3O)c2ncn1[C@H]1O[C@H](COP(=O)(O)O)[C@@H](O)[C@H]1O. The Hall–Kier alpha value is -1.37. The second-order valence-electron chi connectivity index (χ2n) is 9.09. The summed E-state index contributed by atoms with van der Waals surface area (Å²) in [4.78, 5) is 61.8. The molecule has 2 saturated heterocycles. The molecule has 0 radical (unpaired) electrons. The monoisotopic (exact) mass is 719 g/mol. The Bertz CT molecular complexity index is 1620. The first kappa shape index (κ1) is 35.5. The van der Waals surface area contributed by atoms with Crippen molar-refractivity contribution in [2.75, 3.05) is 13.2 Å². The zero-order valence-corrected chi connectivity index (χ0v) is 24.9. The molecule has 0 amide bonds. The maximum absolute atomic E-state index is 12.0. The van der Waals surface area contributed by atoms with Crippen LogP contribution >= 0.6 is 31.3 Å². The average molecular weight is 719 g/mol. The molecule has 2 aliphatic heterocycles. The first-order valence-electron chi connectivity index (χ1n) is 11.6. The molecule has 25 nitrogen and oxygen atoms in total. The zero-order chi connectivity index (χ0) is 33.0. The van der Waals surface area contributed by atoms with Crippen LogP contribution in [0.2, 0.25) is 0 Å². The van der Waals surface area contributed by atoms with E-state index >= 15 is 0 Å². The number of nitrogens with one attached hydrogen (secondary N) is 1. The molecule has 11 N–H and O–H groups in total. The summed E-state index contributed by atoms with van der Waals surface area (Å²) in [6.07, 6.45) is -11.1. The van der Waals surface area contributed by atoms with E-state index in [0.29, 0.717) is 0 Å². The van der Waals surface area contributed by atoms with E-state index < -0.39 is 99.1 Å². The van der Waals surface area contributed by atoms with Crippen molar-refractivity contribution in [2.45, 2.75) is 49.1 Å². The number of imidazole rings is 1. The molecule has 29 heteroatoms. The van der Waals surface area contributed by atoms with E-state index in [-0.39, 0.29) is 11.2 Å². The fourth-order valence-corrected chi connectivity index (χ4v) is 7.53. The summed E-state index contributed by atoms with van der Waals surface area (Å²) in [6.45, 7) is -1.89. The summed E-state index contributed by atoms with van der Waals surface area (Å²) in [5.74, 6) is 0. The van der Waals surface area contributed by atoms with Crippen LogP contribution < -0.4 is 5.49 Å². The van der Waals surface area contributed by atoms with Crippen LogP contribution in [0, 0.1) is 5.41 Å². The Morgan fingerprint density at radius 3 is 1.73 bits per heavy atom. The smallest absolute Gasteiger partial charge is 0.387 e. The molecule has 2 aromatic heterocycles. The van der Waals surface area contributed by atoms with Crippen LogP contribution in [0.1, 0.15) is 12.5 Å². The Balaban J connectivity index is 1.48. The minimum absolute atomic E-state index is 0.148. The van der Waals surface area contributed by atoms with Crippen LogP contribution in [0.4, 0.5) is 0 Å². The number of nitrogens with zero attached hydrogens (tertiary/aromatic N) is 4. The highest BCUT2D eigenvalue weighted by Crippen LogP contribution is 2.66. The molecule has 2 aromatic rings. The van der Waals surface area contributed by atoms with Crippen molar-refractivity contribution in [1.29, 1.82) is 5.41 Å². The molecule has 2 aliphatic rings. The van der Waals surface area contributed by atoms with E-state index in [1.54, 1.807) is 0 Å². The number of fused-ring (bicyclic) bond motifs is 1. The Kier molecular flexibility index (Phi) is 10.2. The normalized spacial score (nSPS) is 32.6. The van der Waals surface area contributed by atoms with Gasteiger partial charge in [-0.05, 0) is 0 Å². The number of aliphatic hydroxyl groups excluding tert-OH is 4. The van der Waals surface area contributed by atoms with Gasteiger partial charge in [-0.1, -0.05) is 0 Å². The summed E-state index contributed by atoms with van der Waals surface area (Å²) in [5.41, 5.74) is -0.820. The zero-order valence-electron chi connectivity index (χ0n) is 21.3.